The van der Waals surface area contributed by atoms with Crippen molar-refractivity contribution in [3.8, 4) is 5.75 Å². The van der Waals surface area contributed by atoms with E-state index >= 15 is 0 Å². The Hall–Kier alpha value is -4.25. The minimum absolute atomic E-state index is 0.00862. The second-order valence-corrected chi connectivity index (χ2v) is 11.3. The molecule has 15 nitrogen and oxygen atoms in total. The van der Waals surface area contributed by atoms with Crippen molar-refractivity contribution in [2.45, 2.75) is 82.6 Å². The van der Waals surface area contributed by atoms with Crippen LogP contribution < -0.4 is 39.1 Å². The fraction of sp³-hybridized carbons (Fsp3) is 0.485. The Kier molecular flexibility index (Phi) is 19.4. The third kappa shape index (κ3) is 16.0. The van der Waals surface area contributed by atoms with Gasteiger partial charge in [-0.25, -0.2) is 14.4 Å². The number of carbonyl (C=O) groups excluding carboxylic acids is 4. The van der Waals surface area contributed by atoms with Crippen LogP contribution in [0.25, 0.3) is 0 Å². The Labute approximate surface area is 280 Å². The van der Waals surface area contributed by atoms with E-state index < -0.39 is 60.1 Å². The van der Waals surface area contributed by atoms with Gasteiger partial charge >= 0.3 is 29.8 Å². The van der Waals surface area contributed by atoms with Gasteiger partial charge in [-0.3, -0.25) is 9.59 Å². The van der Waals surface area contributed by atoms with E-state index in [9.17, 15) is 24.0 Å². The lowest BCUT2D eigenvalue weighted by molar-refractivity contribution is -0.161. The second kappa shape index (κ2) is 22.3. The fourth-order valence-corrected chi connectivity index (χ4v) is 3.88. The maximum atomic E-state index is 12.2. The van der Waals surface area contributed by atoms with Crippen molar-refractivity contribution < 1.29 is 43.3 Å². The molecule has 0 radical (unpaired) electrons. The zero-order valence-electron chi connectivity index (χ0n) is 27.5. The van der Waals surface area contributed by atoms with Crippen molar-refractivity contribution >= 4 is 29.8 Å². The summed E-state index contributed by atoms with van der Waals surface area (Å²) < 4.78 is 14.8. The van der Waals surface area contributed by atoms with E-state index in [4.69, 9.17) is 49.0 Å². The van der Waals surface area contributed by atoms with Crippen LogP contribution in [0.3, 0.4) is 0 Å². The molecule has 2 aromatic rings. The number of carbonyl (C=O) groups is 5. The van der Waals surface area contributed by atoms with E-state index in [1.54, 1.807) is 24.3 Å². The molecule has 0 unspecified atom stereocenters. The van der Waals surface area contributed by atoms with Crippen LogP contribution in [0.1, 0.15) is 50.7 Å². The van der Waals surface area contributed by atoms with Crippen molar-refractivity contribution in [1.29, 1.82) is 0 Å². The molecule has 0 fully saturated rings. The van der Waals surface area contributed by atoms with Gasteiger partial charge in [0.05, 0.1) is 0 Å². The van der Waals surface area contributed by atoms with Gasteiger partial charge in [0.25, 0.3) is 0 Å². The van der Waals surface area contributed by atoms with Gasteiger partial charge in [0.2, 0.25) is 0 Å². The van der Waals surface area contributed by atoms with Gasteiger partial charge in [0.1, 0.15) is 42.6 Å². The number of hydrogen-bond acceptors (Lipinski definition) is 14. The van der Waals surface area contributed by atoms with Crippen LogP contribution in [0.5, 0.6) is 5.75 Å². The maximum Gasteiger partial charge on any atom is 0.330 e. The summed E-state index contributed by atoms with van der Waals surface area (Å²) in [4.78, 5) is 57.9. The largest absolute Gasteiger partial charge is 0.480 e. The average Bonchev–Trinajstić information content (AvgIpc) is 3.07. The zero-order valence-corrected chi connectivity index (χ0v) is 27.5. The summed E-state index contributed by atoms with van der Waals surface area (Å²) in [5.41, 5.74) is 35.1. The van der Waals surface area contributed by atoms with Crippen molar-refractivity contribution in [3.05, 3.63) is 65.7 Å². The van der Waals surface area contributed by atoms with Crippen LogP contribution in [0.15, 0.2) is 54.6 Å². The van der Waals surface area contributed by atoms with Crippen LogP contribution >= 0.6 is 0 Å². The van der Waals surface area contributed by atoms with E-state index in [2.05, 4.69) is 4.74 Å². The summed E-state index contributed by atoms with van der Waals surface area (Å²) in [5, 5.41) is 8.45. The number of carboxylic acids is 1. The molecule has 0 bridgehead atoms. The predicted molar refractivity (Wildman–Crippen MR) is 178 cm³/mol. The Morgan fingerprint density at radius 1 is 0.708 bits per heavy atom. The van der Waals surface area contributed by atoms with Crippen LogP contribution in [0.2, 0.25) is 0 Å². The average molecular weight is 675 g/mol. The van der Waals surface area contributed by atoms with Crippen molar-refractivity contribution in [3.63, 3.8) is 0 Å². The Morgan fingerprint density at radius 2 is 1.25 bits per heavy atom. The van der Waals surface area contributed by atoms with Crippen molar-refractivity contribution in [1.82, 2.24) is 0 Å². The first-order chi connectivity index (χ1) is 22.7. The molecule has 6 atom stereocenters. The zero-order chi connectivity index (χ0) is 36.2. The third-order valence-corrected chi connectivity index (χ3v) is 7.23. The maximum absolute atomic E-state index is 12.2. The molecule has 0 amide bonds. The van der Waals surface area contributed by atoms with Crippen LogP contribution in [0.4, 0.5) is 0 Å². The molecule has 2 aromatic carbocycles. The minimum atomic E-state index is -1.22. The van der Waals surface area contributed by atoms with Gasteiger partial charge in [0, 0.05) is 0 Å². The Morgan fingerprint density at radius 3 is 1.75 bits per heavy atom. The van der Waals surface area contributed by atoms with Gasteiger partial charge in [-0.05, 0) is 61.4 Å². The van der Waals surface area contributed by atoms with Crippen molar-refractivity contribution in [2.75, 3.05) is 13.2 Å². The topological polar surface area (TPSA) is 289 Å². The van der Waals surface area contributed by atoms with Crippen LogP contribution in [-0.2, 0) is 46.3 Å². The molecular weight excluding hydrogens is 624 g/mol. The molecule has 0 aliphatic heterocycles. The van der Waals surface area contributed by atoms with Gasteiger partial charge < -0.3 is 53.7 Å². The van der Waals surface area contributed by atoms with E-state index in [-0.39, 0.29) is 25.4 Å². The summed E-state index contributed by atoms with van der Waals surface area (Å²) >= 11 is 0. The quantitative estimate of drug-likeness (QED) is 0.0469. The van der Waals surface area contributed by atoms with Gasteiger partial charge in [-0.1, -0.05) is 69.2 Å². The first-order valence-electron chi connectivity index (χ1n) is 15.7. The van der Waals surface area contributed by atoms with E-state index in [0.717, 1.165) is 24.8 Å². The van der Waals surface area contributed by atoms with Crippen LogP contribution in [0, 0.1) is 5.92 Å². The lowest BCUT2D eigenvalue weighted by Gasteiger charge is -2.17. The third-order valence-electron chi connectivity index (χ3n) is 7.23. The molecule has 0 heterocycles. The summed E-state index contributed by atoms with van der Waals surface area (Å²) in [5.74, 6) is -3.68. The number of aliphatic carboxylic acids is 1. The van der Waals surface area contributed by atoms with Gasteiger partial charge in [0.15, 0.2) is 0 Å². The summed E-state index contributed by atoms with van der Waals surface area (Å²) in [6, 6.07) is 11.1. The number of benzene rings is 2. The van der Waals surface area contributed by atoms with Crippen LogP contribution in [-0.4, -0.2) is 78.3 Å². The lowest BCUT2D eigenvalue weighted by Crippen LogP contribution is -2.41. The van der Waals surface area contributed by atoms with E-state index in [1.165, 1.54) is 0 Å². The molecule has 266 valence electrons. The number of ether oxygens (including phenoxy) is 3. The van der Waals surface area contributed by atoms with Gasteiger partial charge in [-0.15, -0.1) is 0 Å². The lowest BCUT2D eigenvalue weighted by atomic mass is 10.0. The first kappa shape index (κ1) is 41.8. The number of carboxylic acid groups (broad SMARTS) is 1. The van der Waals surface area contributed by atoms with E-state index in [0.29, 0.717) is 24.3 Å². The number of esters is 4. The summed E-state index contributed by atoms with van der Waals surface area (Å²) in [6.07, 6.45) is 3.15. The molecule has 13 N–H and O–H groups in total. The smallest absolute Gasteiger partial charge is 0.330 e. The van der Waals surface area contributed by atoms with E-state index in [1.807, 2.05) is 44.2 Å². The highest BCUT2D eigenvalue weighted by atomic mass is 16.6. The Balaban J connectivity index is 0.000000607. The number of nitrogens with two attached hydrogens (primary N) is 6. The summed E-state index contributed by atoms with van der Waals surface area (Å²) in [6.45, 7) is 4.02. The standard InChI is InChI=1S/C24H31N3O5.C9H19N3O4/c1-3-15(2)21(27)24(30)31-18-11-9-17(10-12-18)14-20(26)23(29)32-22(28)19(25)13-16-7-5-4-6-8-16;10-4-2-1-3-6(11)9(15)16-5-7(12)8(13)14/h4-12,15,19-21H,3,13-14,25-27H2,1-2H3;6-7H,1-5,10-12H2,(H,13,14)/t15-,19-,20-,21-;6-,7-/m00/s1. The molecule has 0 aromatic heterocycles. The fourth-order valence-electron chi connectivity index (χ4n) is 3.88. The highest BCUT2D eigenvalue weighted by Gasteiger charge is 2.25. The molecule has 15 heteroatoms. The number of unbranched alkanes of at least 4 members (excludes halogenated alkanes) is 1. The van der Waals surface area contributed by atoms with Gasteiger partial charge in [-0.2, -0.15) is 0 Å². The number of hydrogen-bond donors (Lipinski definition) is 7. The monoisotopic (exact) mass is 674 g/mol. The number of rotatable bonds is 18. The normalized spacial score (nSPS) is 14.5. The molecule has 48 heavy (non-hydrogen) atoms. The predicted octanol–water partition coefficient (Wildman–Crippen LogP) is -0.127. The molecular formula is C33H50N6O9. The highest BCUT2D eigenvalue weighted by Crippen LogP contribution is 2.16. The molecule has 0 aliphatic rings. The second-order valence-electron chi connectivity index (χ2n) is 11.3. The molecule has 0 saturated heterocycles. The molecule has 0 spiro atoms. The highest BCUT2D eigenvalue weighted by molar-refractivity contribution is 5.91. The molecule has 0 saturated carbocycles. The minimum Gasteiger partial charge on any atom is -0.480 e. The summed E-state index contributed by atoms with van der Waals surface area (Å²) in [7, 11) is 0. The Bertz CT molecular complexity index is 1300. The first-order valence-corrected chi connectivity index (χ1v) is 15.7. The molecule has 0 aliphatic carbocycles. The van der Waals surface area contributed by atoms with Crippen molar-refractivity contribution in [2.24, 2.45) is 40.3 Å². The SMILES string of the molecule is CC[C@H](C)[C@H](N)C(=O)Oc1ccc(C[C@H](N)C(=O)OC(=O)[C@@H](N)Cc2ccccc2)cc1.NCCCC[C@H](N)C(=O)OC[C@H](N)C(=O)O. The molecule has 2 rings (SSSR count).